The van der Waals surface area contributed by atoms with Crippen molar-refractivity contribution in [3.63, 3.8) is 0 Å². The average Bonchev–Trinajstić information content (AvgIpc) is 2.36. The first-order chi connectivity index (χ1) is 9.01. The summed E-state index contributed by atoms with van der Waals surface area (Å²) >= 11 is 0. The van der Waals surface area contributed by atoms with Gasteiger partial charge in [0.2, 0.25) is 0 Å². The van der Waals surface area contributed by atoms with Crippen molar-refractivity contribution in [1.82, 2.24) is 9.88 Å². The summed E-state index contributed by atoms with van der Waals surface area (Å²) in [5, 5.41) is 9.26. The van der Waals surface area contributed by atoms with Crippen molar-refractivity contribution in [3.8, 4) is 0 Å². The van der Waals surface area contributed by atoms with Crippen molar-refractivity contribution < 1.29 is 9.90 Å². The molecule has 4 heteroatoms. The molecule has 0 fully saturated rings. The molecular formula is C15H22N2O2. The van der Waals surface area contributed by atoms with Crippen LogP contribution >= 0.6 is 0 Å². The van der Waals surface area contributed by atoms with Crippen molar-refractivity contribution in [2.75, 3.05) is 13.1 Å². The monoisotopic (exact) mass is 262 g/mol. The lowest BCUT2D eigenvalue weighted by Crippen LogP contribution is -2.34. The van der Waals surface area contributed by atoms with Gasteiger partial charge in [-0.25, -0.2) is 4.79 Å². The molecule has 4 nitrogen and oxygen atoms in total. The minimum atomic E-state index is -0.867. The van der Waals surface area contributed by atoms with Gasteiger partial charge in [0, 0.05) is 31.7 Å². The van der Waals surface area contributed by atoms with E-state index < -0.39 is 5.97 Å². The molecular weight excluding hydrogens is 240 g/mol. The van der Waals surface area contributed by atoms with Crippen LogP contribution in [0, 0.1) is 5.92 Å². The van der Waals surface area contributed by atoms with E-state index in [1.54, 1.807) is 0 Å². The molecule has 0 bridgehead atoms. The van der Waals surface area contributed by atoms with E-state index in [0.717, 1.165) is 37.3 Å². The Balaban J connectivity index is 2.29. The third-order valence-corrected chi connectivity index (χ3v) is 3.52. The fourth-order valence-electron chi connectivity index (χ4n) is 2.70. The first kappa shape index (κ1) is 14.0. The molecule has 1 aliphatic rings. The molecule has 0 radical (unpaired) electrons. The van der Waals surface area contributed by atoms with E-state index in [2.05, 4.69) is 23.7 Å². The summed E-state index contributed by atoms with van der Waals surface area (Å²) in [7, 11) is 0. The maximum absolute atomic E-state index is 11.3. The van der Waals surface area contributed by atoms with Gasteiger partial charge in [-0.2, -0.15) is 0 Å². The Bertz CT molecular complexity index is 483. The Morgan fingerprint density at radius 3 is 2.84 bits per heavy atom. The van der Waals surface area contributed by atoms with Gasteiger partial charge in [0.05, 0.1) is 11.3 Å². The van der Waals surface area contributed by atoms with Crippen LogP contribution in [0.15, 0.2) is 6.07 Å². The number of hydrogen-bond acceptors (Lipinski definition) is 3. The molecule has 1 aliphatic heterocycles. The molecule has 0 amide bonds. The third-order valence-electron chi connectivity index (χ3n) is 3.52. The maximum atomic E-state index is 11.3. The smallest absolute Gasteiger partial charge is 0.337 e. The number of hydrogen-bond donors (Lipinski definition) is 1. The molecule has 0 saturated heterocycles. The Morgan fingerprint density at radius 2 is 2.26 bits per heavy atom. The van der Waals surface area contributed by atoms with E-state index in [1.165, 1.54) is 0 Å². The highest BCUT2D eigenvalue weighted by molar-refractivity contribution is 5.89. The van der Waals surface area contributed by atoms with Gasteiger partial charge in [0.15, 0.2) is 0 Å². The first-order valence-corrected chi connectivity index (χ1v) is 6.98. The summed E-state index contributed by atoms with van der Waals surface area (Å²) in [5.74, 6) is -0.239. The molecule has 2 rings (SSSR count). The number of carboxylic acids is 1. The van der Waals surface area contributed by atoms with Gasteiger partial charge in [-0.1, -0.05) is 20.8 Å². The van der Waals surface area contributed by atoms with Crippen LogP contribution in [-0.4, -0.2) is 34.0 Å². The lowest BCUT2D eigenvalue weighted by Gasteiger charge is -2.30. The second-order valence-corrected chi connectivity index (χ2v) is 5.63. The standard InChI is InChI=1S/C15H22N2O2/c1-4-13-12(15(18)19)7-11-9-17(8-10(2)3)6-5-14(11)16-13/h7,10H,4-6,8-9H2,1-3H3,(H,18,19). The normalized spacial score (nSPS) is 15.6. The number of rotatable bonds is 4. The molecule has 2 heterocycles. The first-order valence-electron chi connectivity index (χ1n) is 6.98. The largest absolute Gasteiger partial charge is 0.478 e. The van der Waals surface area contributed by atoms with Crippen molar-refractivity contribution in [3.05, 3.63) is 28.6 Å². The number of aromatic carboxylic acids is 1. The Labute approximate surface area is 114 Å². The predicted octanol–water partition coefficient (Wildman–Crippen LogP) is 2.36. The molecule has 104 valence electrons. The van der Waals surface area contributed by atoms with Crippen LogP contribution in [0.3, 0.4) is 0 Å². The zero-order chi connectivity index (χ0) is 14.0. The summed E-state index contributed by atoms with van der Waals surface area (Å²) in [4.78, 5) is 18.2. The fraction of sp³-hybridized carbons (Fsp3) is 0.600. The molecule has 1 aromatic heterocycles. The number of carboxylic acid groups (broad SMARTS) is 1. The highest BCUT2D eigenvalue weighted by Gasteiger charge is 2.21. The number of aromatic nitrogens is 1. The maximum Gasteiger partial charge on any atom is 0.337 e. The summed E-state index contributed by atoms with van der Waals surface area (Å²) in [6.07, 6.45) is 1.60. The quantitative estimate of drug-likeness (QED) is 0.905. The number of pyridine rings is 1. The zero-order valence-electron chi connectivity index (χ0n) is 11.9. The summed E-state index contributed by atoms with van der Waals surface area (Å²) in [6, 6.07) is 1.83. The van der Waals surface area contributed by atoms with Gasteiger partial charge in [0.1, 0.15) is 0 Å². The molecule has 0 aliphatic carbocycles. The second-order valence-electron chi connectivity index (χ2n) is 5.63. The van der Waals surface area contributed by atoms with E-state index in [0.29, 0.717) is 23.6 Å². The Hall–Kier alpha value is -1.42. The van der Waals surface area contributed by atoms with E-state index in [-0.39, 0.29) is 0 Å². The van der Waals surface area contributed by atoms with Crippen LogP contribution in [0.1, 0.15) is 48.1 Å². The molecule has 19 heavy (non-hydrogen) atoms. The number of nitrogens with zero attached hydrogens (tertiary/aromatic N) is 2. The van der Waals surface area contributed by atoms with Crippen LogP contribution < -0.4 is 0 Å². The second kappa shape index (κ2) is 5.70. The molecule has 0 aromatic carbocycles. The Kier molecular flexibility index (Phi) is 4.20. The summed E-state index contributed by atoms with van der Waals surface area (Å²) < 4.78 is 0. The van der Waals surface area contributed by atoms with Gasteiger partial charge in [0.25, 0.3) is 0 Å². The minimum Gasteiger partial charge on any atom is -0.478 e. The van der Waals surface area contributed by atoms with E-state index in [1.807, 2.05) is 13.0 Å². The molecule has 0 saturated carbocycles. The van der Waals surface area contributed by atoms with Gasteiger partial charge in [-0.05, 0) is 24.0 Å². The van der Waals surface area contributed by atoms with E-state index in [9.17, 15) is 9.90 Å². The SMILES string of the molecule is CCc1nc2c(cc1C(=O)O)CN(CC(C)C)CC2. The molecule has 1 N–H and O–H groups in total. The number of aryl methyl sites for hydroxylation is 1. The van der Waals surface area contributed by atoms with E-state index >= 15 is 0 Å². The van der Waals surface area contributed by atoms with E-state index in [4.69, 9.17) is 0 Å². The van der Waals surface area contributed by atoms with Crippen LogP contribution in [-0.2, 0) is 19.4 Å². The Morgan fingerprint density at radius 1 is 1.53 bits per heavy atom. The molecule has 1 aromatic rings. The van der Waals surface area contributed by atoms with Crippen molar-refractivity contribution in [1.29, 1.82) is 0 Å². The third kappa shape index (κ3) is 3.13. The van der Waals surface area contributed by atoms with Gasteiger partial charge in [-0.15, -0.1) is 0 Å². The molecule has 0 atom stereocenters. The minimum absolute atomic E-state index is 0.368. The molecule has 0 spiro atoms. The lowest BCUT2D eigenvalue weighted by molar-refractivity contribution is 0.0694. The highest BCUT2D eigenvalue weighted by atomic mass is 16.4. The van der Waals surface area contributed by atoms with Crippen LogP contribution in [0.25, 0.3) is 0 Å². The van der Waals surface area contributed by atoms with Gasteiger partial charge < -0.3 is 5.11 Å². The topological polar surface area (TPSA) is 53.4 Å². The zero-order valence-corrected chi connectivity index (χ0v) is 11.9. The van der Waals surface area contributed by atoms with Crippen LogP contribution in [0.4, 0.5) is 0 Å². The van der Waals surface area contributed by atoms with Crippen LogP contribution in [0.5, 0.6) is 0 Å². The lowest BCUT2D eigenvalue weighted by atomic mass is 10.00. The number of fused-ring (bicyclic) bond motifs is 1. The summed E-state index contributed by atoms with van der Waals surface area (Å²) in [6.45, 7) is 9.26. The van der Waals surface area contributed by atoms with Crippen LogP contribution in [0.2, 0.25) is 0 Å². The van der Waals surface area contributed by atoms with Gasteiger partial charge >= 0.3 is 5.97 Å². The summed E-state index contributed by atoms with van der Waals surface area (Å²) in [5.41, 5.74) is 3.25. The average molecular weight is 262 g/mol. The van der Waals surface area contributed by atoms with Crippen molar-refractivity contribution >= 4 is 5.97 Å². The van der Waals surface area contributed by atoms with Crippen molar-refractivity contribution in [2.24, 2.45) is 5.92 Å². The molecule has 0 unspecified atom stereocenters. The predicted molar refractivity (Wildman–Crippen MR) is 74.4 cm³/mol. The number of carbonyl (C=O) groups is 1. The fourth-order valence-corrected chi connectivity index (χ4v) is 2.70. The van der Waals surface area contributed by atoms with Gasteiger partial charge in [-0.3, -0.25) is 9.88 Å². The van der Waals surface area contributed by atoms with Crippen molar-refractivity contribution in [2.45, 2.75) is 40.2 Å². The highest BCUT2D eigenvalue weighted by Crippen LogP contribution is 2.21.